The van der Waals surface area contributed by atoms with Gasteiger partial charge in [0.1, 0.15) is 17.5 Å². The van der Waals surface area contributed by atoms with E-state index in [9.17, 15) is 4.79 Å². The minimum atomic E-state index is -0.284. The van der Waals surface area contributed by atoms with E-state index in [1.807, 2.05) is 47.7 Å². The van der Waals surface area contributed by atoms with E-state index in [0.29, 0.717) is 36.8 Å². The van der Waals surface area contributed by atoms with Gasteiger partial charge in [0.2, 0.25) is 11.9 Å². The number of benzene rings is 1. The predicted octanol–water partition coefficient (Wildman–Crippen LogP) is 2.83. The molecule has 1 aromatic carbocycles. The monoisotopic (exact) mass is 449 g/mol. The molecule has 5 rings (SSSR count). The number of carbonyl (C=O) groups is 1. The van der Waals surface area contributed by atoms with Crippen molar-refractivity contribution < 1.29 is 14.3 Å². The number of aromatic nitrogens is 4. The van der Waals surface area contributed by atoms with E-state index >= 15 is 0 Å². The number of nitrogens with one attached hydrogen (secondary N) is 2. The first-order valence-electron chi connectivity index (χ1n) is 11.0. The van der Waals surface area contributed by atoms with Gasteiger partial charge >= 0.3 is 0 Å². The summed E-state index contributed by atoms with van der Waals surface area (Å²) in [6, 6.07) is 5.53. The number of methoxy groups -OCH3 is 2. The van der Waals surface area contributed by atoms with Gasteiger partial charge in [0.15, 0.2) is 5.82 Å². The van der Waals surface area contributed by atoms with Crippen LogP contribution in [0.5, 0.6) is 5.75 Å². The van der Waals surface area contributed by atoms with E-state index in [0.717, 1.165) is 28.6 Å². The van der Waals surface area contributed by atoms with E-state index in [1.54, 1.807) is 20.5 Å². The summed E-state index contributed by atoms with van der Waals surface area (Å²) in [5.74, 6) is 1.86. The number of aryl methyl sites for hydroxylation is 2. The van der Waals surface area contributed by atoms with Gasteiger partial charge in [-0.1, -0.05) is 6.92 Å². The van der Waals surface area contributed by atoms with E-state index in [4.69, 9.17) is 14.5 Å². The normalized spacial score (nSPS) is 19.2. The molecule has 2 N–H and O–H groups in total. The van der Waals surface area contributed by atoms with Gasteiger partial charge in [-0.05, 0) is 25.5 Å². The van der Waals surface area contributed by atoms with Crippen LogP contribution in [0.3, 0.4) is 0 Å². The molecule has 0 unspecified atom stereocenters. The number of hydrogen-bond acceptors (Lipinski definition) is 8. The van der Waals surface area contributed by atoms with Crippen molar-refractivity contribution in [3.05, 3.63) is 42.1 Å². The van der Waals surface area contributed by atoms with Crippen LogP contribution < -0.4 is 20.3 Å². The average molecular weight is 450 g/mol. The summed E-state index contributed by atoms with van der Waals surface area (Å²) in [5.41, 5.74) is 4.08. The largest absolute Gasteiger partial charge is 0.494 e. The zero-order chi connectivity index (χ0) is 23.1. The van der Waals surface area contributed by atoms with Crippen molar-refractivity contribution in [3.63, 3.8) is 0 Å². The van der Waals surface area contributed by atoms with Gasteiger partial charge in [0.05, 0.1) is 36.6 Å². The lowest BCUT2D eigenvalue weighted by Gasteiger charge is -2.32. The highest BCUT2D eigenvalue weighted by Gasteiger charge is 2.43. The fraction of sp³-hybridized carbons (Fsp3) is 0.391. The lowest BCUT2D eigenvalue weighted by atomic mass is 10.1. The third-order valence-corrected chi connectivity index (χ3v) is 6.14. The molecule has 1 amide bonds. The highest BCUT2D eigenvalue weighted by molar-refractivity contribution is 6.04. The second kappa shape index (κ2) is 8.36. The summed E-state index contributed by atoms with van der Waals surface area (Å²) < 4.78 is 13.1. The van der Waals surface area contributed by atoms with Gasteiger partial charge in [0, 0.05) is 38.0 Å². The molecule has 0 aliphatic carbocycles. The second-order valence-corrected chi connectivity index (χ2v) is 8.23. The second-order valence-electron chi connectivity index (χ2n) is 8.23. The number of nitrogens with zero attached hydrogens (tertiary/aromatic N) is 5. The van der Waals surface area contributed by atoms with E-state index in [-0.39, 0.29) is 18.1 Å². The number of carbonyl (C=O) groups excluding carboxylic acids is 1. The first-order chi connectivity index (χ1) is 16.0. The first-order valence-corrected chi connectivity index (χ1v) is 11.0. The highest BCUT2D eigenvalue weighted by atomic mass is 16.5. The van der Waals surface area contributed by atoms with Crippen LogP contribution in [-0.2, 0) is 16.0 Å². The van der Waals surface area contributed by atoms with Gasteiger partial charge in [0.25, 0.3) is 0 Å². The Kier molecular flexibility index (Phi) is 5.37. The van der Waals surface area contributed by atoms with Crippen LogP contribution in [0.1, 0.15) is 24.7 Å². The van der Waals surface area contributed by atoms with Crippen molar-refractivity contribution >= 4 is 29.0 Å². The van der Waals surface area contributed by atoms with E-state index < -0.39 is 0 Å². The Morgan fingerprint density at radius 1 is 1.27 bits per heavy atom. The van der Waals surface area contributed by atoms with Gasteiger partial charge in [-0.2, -0.15) is 4.98 Å². The molecule has 0 saturated carbocycles. The molecule has 2 aromatic heterocycles. The van der Waals surface area contributed by atoms with Crippen LogP contribution in [0, 0.1) is 6.92 Å². The fourth-order valence-corrected chi connectivity index (χ4v) is 4.45. The zero-order valence-corrected chi connectivity index (χ0v) is 19.1. The van der Waals surface area contributed by atoms with E-state index in [2.05, 4.69) is 20.6 Å². The van der Waals surface area contributed by atoms with Gasteiger partial charge in [-0.3, -0.25) is 4.79 Å². The summed E-state index contributed by atoms with van der Waals surface area (Å²) in [7, 11) is 3.31. The number of imidazole rings is 1. The maximum atomic E-state index is 12.7. The third kappa shape index (κ3) is 3.76. The number of rotatable bonds is 6. The summed E-state index contributed by atoms with van der Waals surface area (Å²) in [5, 5.41) is 6.32. The molecule has 1 saturated heterocycles. The molecular formula is C23H27N7O3. The number of anilines is 4. The quantitative estimate of drug-likeness (QED) is 0.592. The van der Waals surface area contributed by atoms with Crippen LogP contribution in [0.25, 0.3) is 5.69 Å². The molecule has 0 radical (unpaired) electrons. The lowest BCUT2D eigenvalue weighted by Crippen LogP contribution is -2.45. The molecule has 2 aliphatic rings. The van der Waals surface area contributed by atoms with Crippen LogP contribution in [0.15, 0.2) is 30.7 Å². The minimum absolute atomic E-state index is 0.00762. The summed E-state index contributed by atoms with van der Waals surface area (Å²) in [4.78, 5) is 28.4. The van der Waals surface area contributed by atoms with Gasteiger partial charge in [-0.15, -0.1) is 0 Å². The van der Waals surface area contributed by atoms with Crippen molar-refractivity contribution in [2.45, 2.75) is 38.8 Å². The Bertz CT molecular complexity index is 1210. The van der Waals surface area contributed by atoms with Crippen LogP contribution in [0.4, 0.5) is 23.1 Å². The molecule has 0 bridgehead atoms. The molecule has 2 aliphatic heterocycles. The van der Waals surface area contributed by atoms with Crippen LogP contribution in [-0.4, -0.2) is 58.3 Å². The van der Waals surface area contributed by atoms with Gasteiger partial charge in [-0.25, -0.2) is 9.97 Å². The van der Waals surface area contributed by atoms with Crippen molar-refractivity contribution in [2.24, 2.45) is 0 Å². The summed E-state index contributed by atoms with van der Waals surface area (Å²) in [6.45, 7) is 4.57. The van der Waals surface area contributed by atoms with Crippen molar-refractivity contribution in [2.75, 3.05) is 36.3 Å². The molecule has 10 heteroatoms. The highest BCUT2D eigenvalue weighted by Crippen LogP contribution is 2.39. The molecular weight excluding hydrogens is 422 g/mol. The Morgan fingerprint density at radius 2 is 2.12 bits per heavy atom. The molecule has 10 nitrogen and oxygen atoms in total. The number of amides is 1. The van der Waals surface area contributed by atoms with Crippen molar-refractivity contribution in [3.8, 4) is 11.4 Å². The van der Waals surface area contributed by atoms with Crippen molar-refractivity contribution in [1.82, 2.24) is 19.5 Å². The minimum Gasteiger partial charge on any atom is -0.494 e. The average Bonchev–Trinajstić information content (AvgIpc) is 3.46. The summed E-state index contributed by atoms with van der Waals surface area (Å²) >= 11 is 0. The molecule has 2 atom stereocenters. The third-order valence-electron chi connectivity index (χ3n) is 6.14. The zero-order valence-electron chi connectivity index (χ0n) is 19.1. The molecule has 33 heavy (non-hydrogen) atoms. The van der Waals surface area contributed by atoms with Crippen LogP contribution >= 0.6 is 0 Å². The Labute approximate surface area is 192 Å². The molecule has 1 fully saturated rings. The topological polar surface area (TPSA) is 106 Å². The first kappa shape index (κ1) is 21.2. The maximum absolute atomic E-state index is 12.7. The van der Waals surface area contributed by atoms with E-state index in [1.165, 1.54) is 0 Å². The van der Waals surface area contributed by atoms with Crippen LogP contribution in [0.2, 0.25) is 0 Å². The standard InChI is InChI=1S/C23H27N7O3/c1-5-16-20-21(30-11-15(32-3)9-18(30)22(31)27-20)28-23(26-16)25-14-6-7-17(19(8-14)33-4)29-10-13(2)24-12-29/h6-8,10,12,15,18H,5,9,11H2,1-4H3,(H,27,31)(H,25,26,28)/t15-,18+/m1/s1. The molecule has 172 valence electrons. The number of fused-ring (bicyclic) bond motifs is 3. The van der Waals surface area contributed by atoms with Gasteiger partial charge < -0.3 is 29.6 Å². The molecule has 4 heterocycles. The van der Waals surface area contributed by atoms with Crippen molar-refractivity contribution in [1.29, 1.82) is 0 Å². The fourth-order valence-electron chi connectivity index (χ4n) is 4.45. The Morgan fingerprint density at radius 3 is 2.82 bits per heavy atom. The summed E-state index contributed by atoms with van der Waals surface area (Å²) in [6.07, 6.45) is 5.00. The number of ether oxygens (including phenoxy) is 2. The Hall–Kier alpha value is -3.66. The molecule has 0 spiro atoms. The Balaban J connectivity index is 1.49. The molecule has 3 aromatic rings. The SMILES string of the molecule is CCc1nc(Nc2ccc(-n3cnc(C)c3)c(OC)c2)nc2c1NC(=O)[C@@H]1C[C@@H](OC)CN21. The number of hydrogen-bond donors (Lipinski definition) is 2. The predicted molar refractivity (Wildman–Crippen MR) is 125 cm³/mol. The maximum Gasteiger partial charge on any atom is 0.247 e. The lowest BCUT2D eigenvalue weighted by molar-refractivity contribution is -0.117. The smallest absolute Gasteiger partial charge is 0.247 e.